The van der Waals surface area contributed by atoms with Gasteiger partial charge in [-0.15, -0.1) is 0 Å². The van der Waals surface area contributed by atoms with E-state index in [2.05, 4.69) is 4.89 Å². The van der Waals surface area contributed by atoms with Gasteiger partial charge in [0.05, 0.1) is 25.9 Å². The molecule has 0 heterocycles. The molecule has 45 heavy (non-hydrogen) atoms. The van der Waals surface area contributed by atoms with Gasteiger partial charge in [0, 0.05) is 12.1 Å². The largest absolute Gasteiger partial charge is 0.477 e. The smallest absolute Gasteiger partial charge is 0.344 e. The van der Waals surface area contributed by atoms with Crippen molar-refractivity contribution in [2.45, 2.75) is 18.1 Å². The van der Waals surface area contributed by atoms with Crippen LogP contribution in [0.2, 0.25) is 0 Å². The third-order valence-corrected chi connectivity index (χ3v) is 6.92. The summed E-state index contributed by atoms with van der Waals surface area (Å²) in [4.78, 5) is 59.6. The zero-order chi connectivity index (χ0) is 32.5. The third-order valence-electron chi connectivity index (χ3n) is 5.92. The molecule has 4 aromatic carbocycles. The van der Waals surface area contributed by atoms with Gasteiger partial charge in [0.25, 0.3) is 11.4 Å². The van der Waals surface area contributed by atoms with E-state index in [0.29, 0.717) is 5.56 Å². The summed E-state index contributed by atoms with van der Waals surface area (Å²) >= 11 is -2.01. The van der Waals surface area contributed by atoms with Crippen molar-refractivity contribution in [1.82, 2.24) is 0 Å². The maximum atomic E-state index is 12.7. The fourth-order valence-corrected chi connectivity index (χ4v) is 4.61. The molecule has 0 amide bonds. The summed E-state index contributed by atoms with van der Waals surface area (Å²) < 4.78 is 23.2. The highest BCUT2D eigenvalue weighted by Gasteiger charge is 2.28. The summed E-state index contributed by atoms with van der Waals surface area (Å²) in [5.41, 5.74) is -1.90. The molecule has 0 aliphatic carbocycles. The fourth-order valence-electron chi connectivity index (χ4n) is 3.87. The van der Waals surface area contributed by atoms with Crippen LogP contribution < -0.4 is 13.8 Å². The number of ether oxygens (including phenoxy) is 1. The van der Waals surface area contributed by atoms with Crippen LogP contribution >= 0.6 is 0 Å². The molecule has 0 spiro atoms. The van der Waals surface area contributed by atoms with E-state index in [1.807, 2.05) is 0 Å². The van der Waals surface area contributed by atoms with Gasteiger partial charge in [0.15, 0.2) is 11.3 Å². The van der Waals surface area contributed by atoms with Crippen LogP contribution in [-0.2, 0) is 34.1 Å². The number of aromatic carboxylic acids is 1. The molecule has 0 bridgehead atoms. The molecule has 1 unspecified atom stereocenters. The molecule has 0 saturated heterocycles. The molecule has 16 nitrogen and oxygen atoms in total. The van der Waals surface area contributed by atoms with Crippen LogP contribution in [0.1, 0.15) is 31.8 Å². The predicted molar refractivity (Wildman–Crippen MR) is 151 cm³/mol. The van der Waals surface area contributed by atoms with Crippen molar-refractivity contribution in [1.29, 1.82) is 0 Å². The zero-order valence-corrected chi connectivity index (χ0v) is 23.4. The van der Waals surface area contributed by atoms with Crippen molar-refractivity contribution in [2.24, 2.45) is 0 Å². The minimum Gasteiger partial charge on any atom is -0.477 e. The lowest BCUT2D eigenvalue weighted by Gasteiger charge is -2.10. The quantitative estimate of drug-likeness (QED) is 0.0607. The number of carboxylic acids is 1. The highest BCUT2D eigenvalue weighted by Crippen LogP contribution is 2.27. The number of benzene rings is 4. The van der Waals surface area contributed by atoms with Crippen LogP contribution in [0, 0.1) is 20.2 Å². The Morgan fingerprint density at radius 2 is 1.38 bits per heavy atom. The molecule has 232 valence electrons. The van der Waals surface area contributed by atoms with E-state index < -0.39 is 56.3 Å². The second kappa shape index (κ2) is 14.6. The van der Waals surface area contributed by atoms with Gasteiger partial charge in [0.2, 0.25) is 11.1 Å². The number of hydrogen-bond donors (Lipinski definition) is 2. The Bertz CT molecular complexity index is 1760. The van der Waals surface area contributed by atoms with E-state index in [-0.39, 0.29) is 40.0 Å². The van der Waals surface area contributed by atoms with Crippen LogP contribution in [-0.4, -0.2) is 36.4 Å². The van der Waals surface area contributed by atoms with Crippen molar-refractivity contribution in [3.05, 3.63) is 127 Å². The highest BCUT2D eigenvalue weighted by atomic mass is 32.2. The number of rotatable bonds is 14. The maximum Gasteiger partial charge on any atom is 0.344 e. The SMILES string of the molecule is O=C(Oc1ccc(S(=O)Oc2ccc(OOCc3cccc([N+](=O)[O-])c3COO)cc2)cc1)c1cccc([N+](=O)[O-])c1C(=O)O. The summed E-state index contributed by atoms with van der Waals surface area (Å²) in [6, 6.07) is 18.4. The predicted octanol–water partition coefficient (Wildman–Crippen LogP) is 5.02. The Kier molecular flexibility index (Phi) is 10.5. The molecule has 0 fully saturated rings. The van der Waals surface area contributed by atoms with Gasteiger partial charge < -0.3 is 18.9 Å². The number of nitrogens with zero attached hydrogens (tertiary/aromatic N) is 2. The van der Waals surface area contributed by atoms with E-state index in [9.17, 15) is 39.1 Å². The first kappa shape index (κ1) is 32.2. The molecule has 2 N–H and O–H groups in total. The number of hydrogen-bond acceptors (Lipinski definition) is 13. The van der Waals surface area contributed by atoms with E-state index in [1.165, 1.54) is 60.7 Å². The van der Waals surface area contributed by atoms with E-state index in [4.69, 9.17) is 24.0 Å². The Labute approximate surface area is 254 Å². The second-order valence-corrected chi connectivity index (χ2v) is 9.81. The number of carbonyl (C=O) groups is 2. The normalized spacial score (nSPS) is 11.3. The molecule has 0 aliphatic rings. The Balaban J connectivity index is 1.33. The van der Waals surface area contributed by atoms with Gasteiger partial charge in [-0.05, 0) is 60.2 Å². The average molecular weight is 641 g/mol. The van der Waals surface area contributed by atoms with Gasteiger partial charge in [0.1, 0.15) is 24.7 Å². The molecule has 0 aliphatic heterocycles. The number of nitro groups is 2. The first-order chi connectivity index (χ1) is 21.6. The fraction of sp³-hybridized carbons (Fsp3) is 0.0714. The summed E-state index contributed by atoms with van der Waals surface area (Å²) in [6.45, 7) is -0.638. The molecule has 4 rings (SSSR count). The van der Waals surface area contributed by atoms with E-state index in [1.54, 1.807) is 6.07 Å². The molecular weight excluding hydrogens is 620 g/mol. The van der Waals surface area contributed by atoms with Crippen molar-refractivity contribution < 1.29 is 57.6 Å². The minimum atomic E-state index is -2.01. The second-order valence-electron chi connectivity index (χ2n) is 8.70. The number of esters is 1. The number of carboxylic acid groups (broad SMARTS) is 1. The zero-order valence-electron chi connectivity index (χ0n) is 22.6. The van der Waals surface area contributed by atoms with Crippen LogP contribution in [0.3, 0.4) is 0 Å². The van der Waals surface area contributed by atoms with Crippen molar-refractivity contribution in [3.63, 3.8) is 0 Å². The molecule has 0 saturated carbocycles. The molecule has 4 aromatic rings. The van der Waals surface area contributed by atoms with Crippen LogP contribution in [0.25, 0.3) is 0 Å². The topological polar surface area (TPSA) is 224 Å². The number of carbonyl (C=O) groups excluding carboxylic acids is 1. The standard InChI is InChI=1S/C28H20N2O14S/c31-27(32)26-22(4-2-6-25(26)30(36)37)28(33)42-18-11-13-21(14-12-18)45(39)44-20-9-7-19(8-10-20)43-41-15-17-3-1-5-24(29(34)35)23(17)16-40-38/h1-14,38H,15-16H2,(H,31,32). The Morgan fingerprint density at radius 1 is 0.778 bits per heavy atom. The van der Waals surface area contributed by atoms with E-state index >= 15 is 0 Å². The number of nitro benzene ring substituents is 2. The van der Waals surface area contributed by atoms with Crippen LogP contribution in [0.15, 0.2) is 89.8 Å². The molecule has 0 radical (unpaired) electrons. The summed E-state index contributed by atoms with van der Waals surface area (Å²) in [7, 11) is 0. The maximum absolute atomic E-state index is 12.7. The first-order valence-electron chi connectivity index (χ1n) is 12.4. The van der Waals surface area contributed by atoms with Gasteiger partial charge in [-0.2, -0.15) is 4.89 Å². The summed E-state index contributed by atoms with van der Waals surface area (Å²) in [5.74, 6) is -2.46. The summed E-state index contributed by atoms with van der Waals surface area (Å²) in [5, 5.41) is 40.5. The molecule has 1 atom stereocenters. The first-order valence-corrected chi connectivity index (χ1v) is 13.5. The van der Waals surface area contributed by atoms with Gasteiger partial charge in [-0.3, -0.25) is 25.5 Å². The van der Waals surface area contributed by atoms with Gasteiger partial charge >= 0.3 is 11.9 Å². The Hall–Kier alpha value is -5.75. The lowest BCUT2D eigenvalue weighted by Crippen LogP contribution is -2.16. The molecular formula is C28H20N2O14S. The molecule has 17 heteroatoms. The van der Waals surface area contributed by atoms with Gasteiger partial charge in [-0.25, -0.2) is 18.7 Å². The van der Waals surface area contributed by atoms with Crippen LogP contribution in [0.4, 0.5) is 11.4 Å². The van der Waals surface area contributed by atoms with Crippen molar-refractivity contribution in [2.75, 3.05) is 0 Å². The van der Waals surface area contributed by atoms with Crippen LogP contribution in [0.5, 0.6) is 17.2 Å². The third kappa shape index (κ3) is 8.00. The van der Waals surface area contributed by atoms with Crippen molar-refractivity contribution in [3.8, 4) is 17.2 Å². The summed E-state index contributed by atoms with van der Waals surface area (Å²) in [6.07, 6.45) is 0. The minimum absolute atomic E-state index is 0.0498. The van der Waals surface area contributed by atoms with Gasteiger partial charge in [-0.1, -0.05) is 18.2 Å². The average Bonchev–Trinajstić information content (AvgIpc) is 3.02. The lowest BCUT2D eigenvalue weighted by molar-refractivity contribution is -0.387. The molecule has 0 aromatic heterocycles. The van der Waals surface area contributed by atoms with E-state index in [0.717, 1.165) is 18.2 Å². The highest BCUT2D eigenvalue weighted by molar-refractivity contribution is 7.80. The Morgan fingerprint density at radius 3 is 2.00 bits per heavy atom. The van der Waals surface area contributed by atoms with Crippen molar-refractivity contribution >= 4 is 34.4 Å². The lowest BCUT2D eigenvalue weighted by atomic mass is 10.1. The monoisotopic (exact) mass is 640 g/mol.